The number of rotatable bonds is 4. The molecular formula is C13H18ClN3O2S. The number of pyridine rings is 1. The van der Waals surface area contributed by atoms with Crippen molar-refractivity contribution in [2.45, 2.75) is 24.3 Å². The van der Waals surface area contributed by atoms with E-state index in [1.54, 1.807) is 38.2 Å². The fourth-order valence-electron chi connectivity index (χ4n) is 1.65. The van der Waals surface area contributed by atoms with Gasteiger partial charge in [0.1, 0.15) is 4.90 Å². The molecule has 0 amide bonds. The summed E-state index contributed by atoms with van der Waals surface area (Å²) in [6.07, 6.45) is 1.58. The number of hydrogen-bond acceptors (Lipinski definition) is 4. The summed E-state index contributed by atoms with van der Waals surface area (Å²) in [5.41, 5.74) is 5.65. The molecule has 20 heavy (non-hydrogen) atoms. The summed E-state index contributed by atoms with van der Waals surface area (Å²) in [6.45, 7) is 3.69. The Kier molecular flexibility index (Phi) is 5.10. The second-order valence-corrected chi connectivity index (χ2v) is 6.88. The summed E-state index contributed by atoms with van der Waals surface area (Å²) in [6, 6.07) is 8.67. The molecule has 0 aliphatic carbocycles. The molecule has 0 unspecified atom stereocenters. The van der Waals surface area contributed by atoms with Gasteiger partial charge in [0.05, 0.1) is 5.52 Å². The zero-order valence-corrected chi connectivity index (χ0v) is 13.0. The Labute approximate surface area is 125 Å². The van der Waals surface area contributed by atoms with Crippen LogP contribution in [0.1, 0.15) is 13.8 Å². The maximum absolute atomic E-state index is 12.3. The van der Waals surface area contributed by atoms with E-state index in [0.29, 0.717) is 5.52 Å². The number of benzene rings is 1. The van der Waals surface area contributed by atoms with E-state index in [1.165, 1.54) is 0 Å². The van der Waals surface area contributed by atoms with Gasteiger partial charge in [0.15, 0.2) is 0 Å². The predicted octanol–water partition coefficient (Wildman–Crippen LogP) is 1.67. The van der Waals surface area contributed by atoms with Crippen molar-refractivity contribution in [1.82, 2.24) is 9.71 Å². The fourth-order valence-corrected chi connectivity index (χ4v) is 3.05. The first-order valence-electron chi connectivity index (χ1n) is 5.92. The van der Waals surface area contributed by atoms with Crippen molar-refractivity contribution >= 4 is 33.3 Å². The maximum Gasteiger partial charge on any atom is 0.242 e. The quantitative estimate of drug-likeness (QED) is 0.898. The van der Waals surface area contributed by atoms with Gasteiger partial charge in [-0.3, -0.25) is 4.98 Å². The van der Waals surface area contributed by atoms with Crippen LogP contribution in [0.15, 0.2) is 41.4 Å². The first kappa shape index (κ1) is 16.8. The summed E-state index contributed by atoms with van der Waals surface area (Å²) in [5.74, 6) is 0. The van der Waals surface area contributed by atoms with Crippen LogP contribution in [0.4, 0.5) is 0 Å². The van der Waals surface area contributed by atoms with Crippen LogP contribution in [-0.4, -0.2) is 25.5 Å². The van der Waals surface area contributed by atoms with Crippen LogP contribution in [0, 0.1) is 0 Å². The summed E-state index contributed by atoms with van der Waals surface area (Å²) in [5, 5.41) is 0.789. The smallest absolute Gasteiger partial charge is 0.242 e. The molecule has 1 aromatic carbocycles. The highest BCUT2D eigenvalue weighted by Gasteiger charge is 2.21. The normalized spacial score (nSPS) is 12.2. The van der Waals surface area contributed by atoms with Crippen LogP contribution >= 0.6 is 12.4 Å². The van der Waals surface area contributed by atoms with Crippen LogP contribution in [0.5, 0.6) is 0 Å². The van der Waals surface area contributed by atoms with E-state index in [0.717, 1.165) is 5.39 Å². The summed E-state index contributed by atoms with van der Waals surface area (Å²) < 4.78 is 27.1. The minimum atomic E-state index is -3.61. The van der Waals surface area contributed by atoms with Crippen molar-refractivity contribution in [1.29, 1.82) is 0 Å². The maximum atomic E-state index is 12.3. The number of sulfonamides is 1. The summed E-state index contributed by atoms with van der Waals surface area (Å²) in [7, 11) is -3.61. The molecule has 0 aliphatic heterocycles. The molecule has 1 heterocycles. The second kappa shape index (κ2) is 6.05. The van der Waals surface area contributed by atoms with Crippen molar-refractivity contribution in [3.05, 3.63) is 36.5 Å². The lowest BCUT2D eigenvalue weighted by atomic mass is 10.1. The summed E-state index contributed by atoms with van der Waals surface area (Å²) >= 11 is 0. The Hall–Kier alpha value is -1.21. The number of nitrogens with one attached hydrogen (secondary N) is 1. The van der Waals surface area contributed by atoms with Crippen LogP contribution in [0.2, 0.25) is 0 Å². The zero-order chi connectivity index (χ0) is 14.1. The number of nitrogens with zero attached hydrogens (tertiary/aromatic N) is 1. The van der Waals surface area contributed by atoms with Gasteiger partial charge in [-0.1, -0.05) is 18.2 Å². The van der Waals surface area contributed by atoms with Crippen molar-refractivity contribution < 1.29 is 8.42 Å². The molecule has 3 N–H and O–H groups in total. The number of aromatic nitrogens is 1. The van der Waals surface area contributed by atoms with Gasteiger partial charge in [0.2, 0.25) is 10.0 Å². The van der Waals surface area contributed by atoms with Crippen LogP contribution in [0.3, 0.4) is 0 Å². The Morgan fingerprint density at radius 1 is 1.25 bits per heavy atom. The average Bonchev–Trinajstić information content (AvgIpc) is 2.35. The van der Waals surface area contributed by atoms with Crippen LogP contribution < -0.4 is 10.5 Å². The van der Waals surface area contributed by atoms with E-state index in [1.807, 2.05) is 12.1 Å². The van der Waals surface area contributed by atoms with Gasteiger partial charge in [-0.2, -0.15) is 0 Å². The first-order valence-corrected chi connectivity index (χ1v) is 7.40. The number of hydrogen-bond donors (Lipinski definition) is 2. The number of para-hydroxylation sites is 1. The topological polar surface area (TPSA) is 85.1 Å². The Bertz CT molecular complexity index is 691. The molecule has 0 saturated carbocycles. The molecule has 5 nitrogen and oxygen atoms in total. The van der Waals surface area contributed by atoms with Gasteiger partial charge in [-0.25, -0.2) is 13.1 Å². The predicted molar refractivity (Wildman–Crippen MR) is 82.4 cm³/mol. The average molecular weight is 316 g/mol. The van der Waals surface area contributed by atoms with E-state index >= 15 is 0 Å². The second-order valence-electron chi connectivity index (χ2n) is 5.14. The molecule has 110 valence electrons. The zero-order valence-electron chi connectivity index (χ0n) is 11.3. The molecule has 2 aromatic rings. The molecule has 7 heteroatoms. The van der Waals surface area contributed by atoms with Crippen molar-refractivity contribution in [3.8, 4) is 0 Å². The third-order valence-corrected chi connectivity index (χ3v) is 4.04. The molecule has 0 radical (unpaired) electrons. The van der Waals surface area contributed by atoms with Gasteiger partial charge >= 0.3 is 0 Å². The first-order chi connectivity index (χ1) is 8.80. The Morgan fingerprint density at radius 3 is 2.55 bits per heavy atom. The van der Waals surface area contributed by atoms with Crippen molar-refractivity contribution in [2.24, 2.45) is 5.73 Å². The SMILES string of the molecule is CC(C)(N)CNS(=O)(=O)c1cccc2cccnc12.Cl. The molecular weight excluding hydrogens is 298 g/mol. The lowest BCUT2D eigenvalue weighted by Crippen LogP contribution is -2.45. The Morgan fingerprint density at radius 2 is 1.90 bits per heavy atom. The monoisotopic (exact) mass is 315 g/mol. The van der Waals surface area contributed by atoms with Gasteiger partial charge in [0.25, 0.3) is 0 Å². The third kappa shape index (κ3) is 3.89. The van der Waals surface area contributed by atoms with Gasteiger partial charge in [0, 0.05) is 23.7 Å². The van der Waals surface area contributed by atoms with Crippen LogP contribution in [-0.2, 0) is 10.0 Å². The largest absolute Gasteiger partial charge is 0.324 e. The molecule has 2 rings (SSSR count). The minimum Gasteiger partial charge on any atom is -0.324 e. The molecule has 0 fully saturated rings. The van der Waals surface area contributed by atoms with Gasteiger partial charge in [-0.15, -0.1) is 12.4 Å². The molecule has 0 bridgehead atoms. The fraction of sp³-hybridized carbons (Fsp3) is 0.308. The lowest BCUT2D eigenvalue weighted by Gasteiger charge is -2.19. The van der Waals surface area contributed by atoms with Crippen molar-refractivity contribution in [2.75, 3.05) is 6.54 Å². The summed E-state index contributed by atoms with van der Waals surface area (Å²) in [4.78, 5) is 4.32. The Balaban J connectivity index is 0.00000200. The molecule has 0 atom stereocenters. The standard InChI is InChI=1S/C13H17N3O2S.ClH/c1-13(2,14)9-16-19(17,18)11-7-3-5-10-6-4-8-15-12(10)11;/h3-8,16H,9,14H2,1-2H3;1H. The van der Waals surface area contributed by atoms with E-state index in [2.05, 4.69) is 9.71 Å². The van der Waals surface area contributed by atoms with E-state index in [9.17, 15) is 8.42 Å². The van der Waals surface area contributed by atoms with Crippen LogP contribution in [0.25, 0.3) is 10.9 Å². The molecule has 0 saturated heterocycles. The minimum absolute atomic E-state index is 0. The molecule has 1 aromatic heterocycles. The molecule has 0 spiro atoms. The van der Waals surface area contributed by atoms with Crippen molar-refractivity contribution in [3.63, 3.8) is 0 Å². The third-order valence-electron chi connectivity index (χ3n) is 2.60. The number of nitrogens with two attached hydrogens (primary N) is 1. The number of halogens is 1. The lowest BCUT2D eigenvalue weighted by molar-refractivity contribution is 0.498. The van der Waals surface area contributed by atoms with E-state index < -0.39 is 15.6 Å². The highest BCUT2D eigenvalue weighted by Crippen LogP contribution is 2.20. The molecule has 0 aliphatic rings. The number of fused-ring (bicyclic) bond motifs is 1. The van der Waals surface area contributed by atoms with E-state index in [4.69, 9.17) is 5.73 Å². The van der Waals surface area contributed by atoms with Gasteiger partial charge < -0.3 is 5.73 Å². The highest BCUT2D eigenvalue weighted by molar-refractivity contribution is 7.89. The van der Waals surface area contributed by atoms with Gasteiger partial charge in [-0.05, 0) is 26.0 Å². The highest BCUT2D eigenvalue weighted by atomic mass is 35.5. The van der Waals surface area contributed by atoms with E-state index in [-0.39, 0.29) is 23.8 Å².